The maximum atomic E-state index is 11.1. The maximum Gasteiger partial charge on any atom is 0.405 e. The van der Waals surface area contributed by atoms with Gasteiger partial charge < -0.3 is 21.7 Å². The van der Waals surface area contributed by atoms with Gasteiger partial charge in [-0.3, -0.25) is 4.79 Å². The fourth-order valence-electron chi connectivity index (χ4n) is 0.651. The van der Waals surface area contributed by atoms with Crippen LogP contribution in [0.5, 0.6) is 0 Å². The average Bonchev–Trinajstić information content (AvgIpc) is 1.99. The van der Waals surface area contributed by atoms with Crippen LogP contribution < -0.4 is 5.32 Å². The van der Waals surface area contributed by atoms with E-state index in [1.807, 2.05) is 0 Å². The SMILES string of the molecule is [CH2-]C(NC(=O)OC(C)(C)C)C(=O)OC.[Zn]. The standard InChI is InChI=1S/C9H16NO4.Zn/c1-6(7(11)13-5)10-8(12)14-9(2,3)4;/h6H,1H2,2-5H3,(H,10,12);/q-1;. The number of esters is 1. The van der Waals surface area contributed by atoms with Crippen LogP contribution >= 0.6 is 0 Å². The number of rotatable bonds is 2. The number of ether oxygens (including phenoxy) is 2. The zero-order chi connectivity index (χ0) is 11.4. The van der Waals surface area contributed by atoms with Crippen LogP contribution in [0.2, 0.25) is 0 Å². The molecule has 0 spiro atoms. The van der Waals surface area contributed by atoms with Gasteiger partial charge in [0.2, 0.25) is 0 Å². The third-order valence-corrected chi connectivity index (χ3v) is 1.18. The van der Waals surface area contributed by atoms with Crippen LogP contribution in [-0.2, 0) is 33.7 Å². The summed E-state index contributed by atoms with van der Waals surface area (Å²) in [5.74, 6) is -0.615. The first-order chi connectivity index (χ1) is 6.26. The first kappa shape index (κ1) is 16.8. The summed E-state index contributed by atoms with van der Waals surface area (Å²) in [5.41, 5.74) is -0.597. The molecule has 0 aromatic rings. The third-order valence-electron chi connectivity index (χ3n) is 1.18. The van der Waals surface area contributed by atoms with Gasteiger partial charge in [0.1, 0.15) is 5.60 Å². The number of carbonyl (C=O) groups is 2. The molecule has 0 aromatic heterocycles. The molecule has 0 radical (unpaired) electrons. The average molecular weight is 268 g/mol. The molecule has 0 saturated carbocycles. The normalized spacial score (nSPS) is 12.1. The Balaban J connectivity index is 0. The summed E-state index contributed by atoms with van der Waals surface area (Å²) in [6.07, 6.45) is -0.692. The van der Waals surface area contributed by atoms with Gasteiger partial charge in [0.15, 0.2) is 0 Å². The Kier molecular flexibility index (Phi) is 7.58. The van der Waals surface area contributed by atoms with Crippen LogP contribution in [0.1, 0.15) is 20.8 Å². The van der Waals surface area contributed by atoms with Gasteiger partial charge in [-0.25, -0.2) is 4.79 Å². The molecule has 0 aromatic carbocycles. The van der Waals surface area contributed by atoms with Crippen LogP contribution in [0, 0.1) is 6.92 Å². The molecule has 1 atom stereocenters. The Hall–Kier alpha value is -0.637. The molecule has 0 fully saturated rings. The predicted molar refractivity (Wildman–Crippen MR) is 50.5 cm³/mol. The van der Waals surface area contributed by atoms with Gasteiger partial charge >= 0.3 is 6.09 Å². The summed E-state index contributed by atoms with van der Waals surface area (Å²) < 4.78 is 9.28. The zero-order valence-corrected chi connectivity index (χ0v) is 12.6. The summed E-state index contributed by atoms with van der Waals surface area (Å²) in [4.78, 5) is 22.0. The van der Waals surface area contributed by atoms with Crippen molar-refractivity contribution in [3.63, 3.8) is 0 Å². The minimum absolute atomic E-state index is 0. The van der Waals surface area contributed by atoms with E-state index in [0.717, 1.165) is 0 Å². The number of hydrogen-bond acceptors (Lipinski definition) is 4. The summed E-state index contributed by atoms with van der Waals surface area (Å²) >= 11 is 0. The second-order valence-electron chi connectivity index (χ2n) is 3.72. The second kappa shape index (κ2) is 6.78. The summed E-state index contributed by atoms with van der Waals surface area (Å²) in [6.45, 7) is 8.57. The van der Waals surface area contributed by atoms with Crippen LogP contribution in [0.25, 0.3) is 0 Å². The van der Waals surface area contributed by atoms with Gasteiger partial charge in [-0.05, 0) is 20.8 Å². The van der Waals surface area contributed by atoms with Gasteiger partial charge in [-0.2, -0.15) is 0 Å². The van der Waals surface area contributed by atoms with E-state index in [1.165, 1.54) is 7.11 Å². The Labute approximate surface area is 103 Å². The zero-order valence-electron chi connectivity index (χ0n) is 9.62. The van der Waals surface area contributed by atoms with Gasteiger partial charge in [-0.15, -0.1) is 0 Å². The largest absolute Gasteiger partial charge is 0.469 e. The number of amides is 1. The van der Waals surface area contributed by atoms with E-state index >= 15 is 0 Å². The molecule has 1 unspecified atom stereocenters. The van der Waals surface area contributed by atoms with Crippen molar-refractivity contribution in [2.75, 3.05) is 7.11 Å². The first-order valence-electron chi connectivity index (χ1n) is 4.16. The number of hydrogen-bond donors (Lipinski definition) is 1. The van der Waals surface area contributed by atoms with Crippen molar-refractivity contribution in [1.82, 2.24) is 5.32 Å². The molecule has 6 heteroatoms. The topological polar surface area (TPSA) is 64.6 Å². The molecule has 84 valence electrons. The van der Waals surface area contributed by atoms with E-state index in [9.17, 15) is 9.59 Å². The van der Waals surface area contributed by atoms with E-state index in [2.05, 4.69) is 17.0 Å². The minimum Gasteiger partial charge on any atom is -0.469 e. The van der Waals surface area contributed by atoms with Crippen LogP contribution in [0.3, 0.4) is 0 Å². The van der Waals surface area contributed by atoms with Gasteiger partial charge in [0.05, 0.1) is 7.11 Å². The van der Waals surface area contributed by atoms with Crippen molar-refractivity contribution in [2.24, 2.45) is 0 Å². The van der Waals surface area contributed by atoms with Gasteiger partial charge in [-0.1, -0.05) is 0 Å². The molecule has 0 aliphatic rings. The molecular weight excluding hydrogens is 251 g/mol. The minimum atomic E-state index is -0.949. The number of methoxy groups -OCH3 is 1. The summed E-state index contributed by atoms with van der Waals surface area (Å²) in [7, 11) is 1.22. The third kappa shape index (κ3) is 8.36. The molecule has 0 heterocycles. The van der Waals surface area contributed by atoms with Crippen LogP contribution in [0.15, 0.2) is 0 Å². The van der Waals surface area contributed by atoms with Crippen molar-refractivity contribution < 1.29 is 38.5 Å². The van der Waals surface area contributed by atoms with E-state index in [0.29, 0.717) is 0 Å². The molecule has 0 saturated heterocycles. The quantitative estimate of drug-likeness (QED) is 0.458. The van der Waals surface area contributed by atoms with Crippen LogP contribution in [-0.4, -0.2) is 30.8 Å². The molecule has 0 aliphatic carbocycles. The summed E-state index contributed by atoms with van der Waals surface area (Å²) in [6, 6.07) is -0.949. The van der Waals surface area contributed by atoms with E-state index < -0.39 is 23.7 Å². The smallest absolute Gasteiger partial charge is 0.405 e. The number of nitrogens with one attached hydrogen (secondary N) is 1. The fraction of sp³-hybridized carbons (Fsp3) is 0.667. The molecule has 5 nitrogen and oxygen atoms in total. The second-order valence-corrected chi connectivity index (χ2v) is 3.72. The fourth-order valence-corrected chi connectivity index (χ4v) is 0.651. The van der Waals surface area contributed by atoms with Crippen molar-refractivity contribution in [3.8, 4) is 0 Å². The van der Waals surface area contributed by atoms with Crippen molar-refractivity contribution in [1.29, 1.82) is 0 Å². The molecule has 0 rings (SSSR count). The molecule has 15 heavy (non-hydrogen) atoms. The monoisotopic (exact) mass is 266 g/mol. The maximum absolute atomic E-state index is 11.1. The van der Waals surface area contributed by atoms with Gasteiger partial charge in [0.25, 0.3) is 5.97 Å². The summed E-state index contributed by atoms with van der Waals surface area (Å²) in [5, 5.41) is 2.24. The molecule has 1 amide bonds. The molecule has 1 N–H and O–H groups in total. The number of alkyl carbamates (subject to hydrolysis) is 1. The van der Waals surface area contributed by atoms with E-state index in [4.69, 9.17) is 4.74 Å². The molecule has 0 aliphatic heterocycles. The van der Waals surface area contributed by atoms with Crippen molar-refractivity contribution in [2.45, 2.75) is 32.4 Å². The first-order valence-corrected chi connectivity index (χ1v) is 4.16. The number of carbonyl (C=O) groups excluding carboxylic acids is 2. The van der Waals surface area contributed by atoms with Crippen molar-refractivity contribution >= 4 is 12.1 Å². The van der Waals surface area contributed by atoms with Crippen molar-refractivity contribution in [3.05, 3.63) is 6.92 Å². The Morgan fingerprint density at radius 2 is 1.80 bits per heavy atom. The Morgan fingerprint density at radius 1 is 1.33 bits per heavy atom. The van der Waals surface area contributed by atoms with E-state index in [-0.39, 0.29) is 19.5 Å². The Bertz CT molecular complexity index is 225. The van der Waals surface area contributed by atoms with Crippen LogP contribution in [0.4, 0.5) is 4.79 Å². The van der Waals surface area contributed by atoms with E-state index in [1.54, 1.807) is 20.8 Å². The predicted octanol–water partition coefficient (Wildman–Crippen LogP) is 0.884. The molecular formula is C9H16NO4Zn-. The Morgan fingerprint density at radius 3 is 2.13 bits per heavy atom. The van der Waals surface area contributed by atoms with Gasteiger partial charge in [0, 0.05) is 25.5 Å². The molecule has 0 bridgehead atoms.